The Kier molecular flexibility index (Phi) is 6.31. The summed E-state index contributed by atoms with van der Waals surface area (Å²) in [6.07, 6.45) is 3.07. The van der Waals surface area contributed by atoms with Crippen LogP contribution in [-0.4, -0.2) is 27.2 Å². The van der Waals surface area contributed by atoms with Crippen molar-refractivity contribution in [3.8, 4) is 17.2 Å². The first-order valence-corrected chi connectivity index (χ1v) is 7.91. The summed E-state index contributed by atoms with van der Waals surface area (Å²) in [5, 5.41) is 3.36. The molecule has 0 fully saturated rings. The van der Waals surface area contributed by atoms with Gasteiger partial charge in [-0.2, -0.15) is 0 Å². The van der Waals surface area contributed by atoms with Crippen molar-refractivity contribution in [2.24, 2.45) is 0 Å². The highest BCUT2D eigenvalue weighted by molar-refractivity contribution is 6.31. The Balaban J connectivity index is 2.23. The van der Waals surface area contributed by atoms with E-state index in [4.69, 9.17) is 25.8 Å². The molecule has 0 atom stereocenters. The lowest BCUT2D eigenvalue weighted by Gasteiger charge is -2.12. The molecule has 1 amide bonds. The normalized spacial score (nSPS) is 10.6. The Hall–Kier alpha value is -2.66. The predicted molar refractivity (Wildman–Crippen MR) is 100.0 cm³/mol. The molecule has 0 heterocycles. The Morgan fingerprint density at radius 3 is 2.28 bits per heavy atom. The van der Waals surface area contributed by atoms with Gasteiger partial charge in [-0.3, -0.25) is 4.79 Å². The molecule has 0 bridgehead atoms. The van der Waals surface area contributed by atoms with E-state index in [0.717, 1.165) is 5.56 Å². The van der Waals surface area contributed by atoms with Crippen LogP contribution in [0.3, 0.4) is 0 Å². The van der Waals surface area contributed by atoms with Crippen molar-refractivity contribution in [2.75, 3.05) is 26.6 Å². The third-order valence-corrected chi connectivity index (χ3v) is 3.84. The smallest absolute Gasteiger partial charge is 0.248 e. The van der Waals surface area contributed by atoms with Crippen LogP contribution in [0.25, 0.3) is 6.08 Å². The molecule has 0 spiro atoms. The van der Waals surface area contributed by atoms with Crippen LogP contribution in [0.4, 0.5) is 5.69 Å². The Bertz CT molecular complexity index is 802. The van der Waals surface area contributed by atoms with Crippen molar-refractivity contribution in [1.29, 1.82) is 0 Å². The zero-order valence-electron chi connectivity index (χ0n) is 14.6. The van der Waals surface area contributed by atoms with Gasteiger partial charge in [0.25, 0.3) is 0 Å². The summed E-state index contributed by atoms with van der Waals surface area (Å²) < 4.78 is 15.9. The van der Waals surface area contributed by atoms with Crippen LogP contribution in [0.5, 0.6) is 17.2 Å². The van der Waals surface area contributed by atoms with Gasteiger partial charge < -0.3 is 19.5 Å². The number of ether oxygens (including phenoxy) is 3. The maximum Gasteiger partial charge on any atom is 0.248 e. The van der Waals surface area contributed by atoms with E-state index in [1.54, 1.807) is 51.7 Å². The molecule has 1 N–H and O–H groups in total. The lowest BCUT2D eigenvalue weighted by Crippen LogP contribution is -2.09. The molecule has 0 aliphatic rings. The summed E-state index contributed by atoms with van der Waals surface area (Å²) in [6, 6.07) is 8.78. The van der Waals surface area contributed by atoms with Crippen LogP contribution in [-0.2, 0) is 4.79 Å². The number of hydrogen-bond donors (Lipinski definition) is 1. The molecule has 0 aromatic heterocycles. The second-order valence-corrected chi connectivity index (χ2v) is 5.67. The molecule has 0 aliphatic heterocycles. The van der Waals surface area contributed by atoms with Gasteiger partial charge in [0.05, 0.1) is 21.3 Å². The van der Waals surface area contributed by atoms with E-state index in [-0.39, 0.29) is 5.91 Å². The number of hydrogen-bond acceptors (Lipinski definition) is 4. The fourth-order valence-electron chi connectivity index (χ4n) is 2.25. The maximum atomic E-state index is 12.2. The highest BCUT2D eigenvalue weighted by Crippen LogP contribution is 2.35. The van der Waals surface area contributed by atoms with Gasteiger partial charge in [-0.25, -0.2) is 0 Å². The first-order valence-electron chi connectivity index (χ1n) is 7.53. The lowest BCUT2D eigenvalue weighted by atomic mass is 10.1. The van der Waals surface area contributed by atoms with Crippen LogP contribution >= 0.6 is 11.6 Å². The number of methoxy groups -OCH3 is 3. The molecule has 0 saturated carbocycles. The molecule has 132 valence electrons. The first kappa shape index (κ1) is 18.7. The average molecular weight is 362 g/mol. The van der Waals surface area contributed by atoms with Gasteiger partial charge in [0, 0.05) is 28.4 Å². The van der Waals surface area contributed by atoms with Crippen LogP contribution in [0.2, 0.25) is 5.02 Å². The standard InChI is InChI=1S/C19H20ClNO4/c1-12-5-7-14(20)10-15(12)21-19(22)8-6-13-9-17(24-3)18(25-4)11-16(13)23-2/h5-11H,1-4H3,(H,21,22)/b8-6+. The van der Waals surface area contributed by atoms with Gasteiger partial charge in [-0.1, -0.05) is 17.7 Å². The van der Waals surface area contributed by atoms with Gasteiger partial charge >= 0.3 is 0 Å². The zero-order valence-corrected chi connectivity index (χ0v) is 15.3. The minimum absolute atomic E-state index is 0.276. The lowest BCUT2D eigenvalue weighted by molar-refractivity contribution is -0.111. The quantitative estimate of drug-likeness (QED) is 0.778. The van der Waals surface area contributed by atoms with Crippen molar-refractivity contribution in [1.82, 2.24) is 0 Å². The average Bonchev–Trinajstić information content (AvgIpc) is 2.62. The Morgan fingerprint density at radius 1 is 1.00 bits per heavy atom. The molecule has 2 aromatic rings. The molecular formula is C19H20ClNO4. The summed E-state index contributed by atoms with van der Waals surface area (Å²) in [5.41, 5.74) is 2.29. The zero-order chi connectivity index (χ0) is 18.4. The summed E-state index contributed by atoms with van der Waals surface area (Å²) in [4.78, 5) is 12.2. The Labute approximate surface area is 152 Å². The van der Waals surface area contributed by atoms with Crippen LogP contribution < -0.4 is 19.5 Å². The molecular weight excluding hydrogens is 342 g/mol. The van der Waals surface area contributed by atoms with Crippen LogP contribution in [0.1, 0.15) is 11.1 Å². The molecule has 0 radical (unpaired) electrons. The van der Waals surface area contributed by atoms with Crippen molar-refractivity contribution < 1.29 is 19.0 Å². The molecule has 0 aliphatic carbocycles. The minimum atomic E-state index is -0.276. The van der Waals surface area contributed by atoms with Crippen molar-refractivity contribution in [2.45, 2.75) is 6.92 Å². The minimum Gasteiger partial charge on any atom is -0.496 e. The van der Waals surface area contributed by atoms with E-state index in [2.05, 4.69) is 5.32 Å². The van der Waals surface area contributed by atoms with E-state index in [9.17, 15) is 4.79 Å². The monoisotopic (exact) mass is 361 g/mol. The van der Waals surface area contributed by atoms with E-state index in [1.807, 2.05) is 13.0 Å². The summed E-state index contributed by atoms with van der Waals surface area (Å²) in [6.45, 7) is 1.90. The van der Waals surface area contributed by atoms with Crippen molar-refractivity contribution in [3.63, 3.8) is 0 Å². The number of nitrogens with one attached hydrogen (secondary N) is 1. The fourth-order valence-corrected chi connectivity index (χ4v) is 2.42. The number of anilines is 1. The summed E-state index contributed by atoms with van der Waals surface area (Å²) in [5.74, 6) is 1.40. The van der Waals surface area contributed by atoms with Crippen molar-refractivity contribution in [3.05, 3.63) is 52.6 Å². The Morgan fingerprint density at radius 2 is 1.64 bits per heavy atom. The first-order chi connectivity index (χ1) is 12.0. The SMILES string of the molecule is COc1cc(OC)c(OC)cc1/C=C/C(=O)Nc1cc(Cl)ccc1C. The third-order valence-electron chi connectivity index (χ3n) is 3.61. The van der Waals surface area contributed by atoms with Gasteiger partial charge in [-0.05, 0) is 36.8 Å². The summed E-state index contributed by atoms with van der Waals surface area (Å²) >= 11 is 5.96. The highest BCUT2D eigenvalue weighted by Gasteiger charge is 2.10. The number of amides is 1. The number of rotatable bonds is 6. The molecule has 25 heavy (non-hydrogen) atoms. The number of aryl methyl sites for hydroxylation is 1. The largest absolute Gasteiger partial charge is 0.496 e. The number of carbonyl (C=O) groups is 1. The maximum absolute atomic E-state index is 12.2. The number of carbonyl (C=O) groups excluding carboxylic acids is 1. The van der Waals surface area contributed by atoms with Crippen LogP contribution in [0, 0.1) is 6.92 Å². The molecule has 5 nitrogen and oxygen atoms in total. The van der Waals surface area contributed by atoms with Gasteiger partial charge in [0.1, 0.15) is 5.75 Å². The van der Waals surface area contributed by atoms with Gasteiger partial charge in [-0.15, -0.1) is 0 Å². The third kappa shape index (κ3) is 4.67. The van der Waals surface area contributed by atoms with Gasteiger partial charge in [0.2, 0.25) is 5.91 Å². The van der Waals surface area contributed by atoms with E-state index in [0.29, 0.717) is 33.5 Å². The van der Waals surface area contributed by atoms with E-state index >= 15 is 0 Å². The second-order valence-electron chi connectivity index (χ2n) is 5.23. The van der Waals surface area contributed by atoms with E-state index < -0.39 is 0 Å². The number of benzene rings is 2. The fraction of sp³-hybridized carbons (Fsp3) is 0.211. The highest BCUT2D eigenvalue weighted by atomic mass is 35.5. The number of halogens is 1. The molecule has 6 heteroatoms. The van der Waals surface area contributed by atoms with Gasteiger partial charge in [0.15, 0.2) is 11.5 Å². The van der Waals surface area contributed by atoms with E-state index in [1.165, 1.54) is 6.08 Å². The second kappa shape index (κ2) is 8.44. The van der Waals surface area contributed by atoms with Crippen LogP contribution in [0.15, 0.2) is 36.4 Å². The molecule has 0 unspecified atom stereocenters. The summed E-state index contributed by atoms with van der Waals surface area (Å²) in [7, 11) is 4.65. The topological polar surface area (TPSA) is 56.8 Å². The molecule has 2 rings (SSSR count). The molecule has 2 aromatic carbocycles. The molecule has 0 saturated heterocycles. The predicted octanol–water partition coefficient (Wildman–Crippen LogP) is 4.33. The van der Waals surface area contributed by atoms with Crippen molar-refractivity contribution >= 4 is 29.3 Å².